The minimum Gasteiger partial charge on any atom is -0.481 e. The van der Waals surface area contributed by atoms with Crippen LogP contribution in [0.5, 0.6) is 0 Å². The van der Waals surface area contributed by atoms with Crippen molar-refractivity contribution < 1.29 is 27.9 Å². The highest BCUT2D eigenvalue weighted by atomic mass is 35.5. The fourth-order valence-electron chi connectivity index (χ4n) is 2.37. The summed E-state index contributed by atoms with van der Waals surface area (Å²) in [5.74, 6) is -2.73. The van der Waals surface area contributed by atoms with Crippen LogP contribution in [-0.2, 0) is 4.79 Å². The van der Waals surface area contributed by atoms with E-state index in [1.54, 1.807) is 0 Å². The maximum atomic E-state index is 13.1. The second-order valence-electron chi connectivity index (χ2n) is 5.02. The van der Waals surface area contributed by atoms with Crippen molar-refractivity contribution in [1.82, 2.24) is 4.90 Å². The molecule has 1 aliphatic rings. The Hall–Kier alpha value is -1.47. The van der Waals surface area contributed by atoms with Gasteiger partial charge in [0.25, 0.3) is 5.91 Å². The number of hydrogen-bond acceptors (Lipinski definition) is 2. The first-order valence-electron chi connectivity index (χ1n) is 6.12. The number of amides is 1. The molecule has 1 aliphatic heterocycles. The topological polar surface area (TPSA) is 57.6 Å². The largest absolute Gasteiger partial charge is 0.481 e. The van der Waals surface area contributed by atoms with Crippen LogP contribution in [0.2, 0.25) is 10.0 Å². The number of carboxylic acids is 1. The predicted molar refractivity (Wildman–Crippen MR) is 73.1 cm³/mol. The van der Waals surface area contributed by atoms with Crippen LogP contribution < -0.4 is 0 Å². The van der Waals surface area contributed by atoms with Gasteiger partial charge in [0.2, 0.25) is 0 Å². The van der Waals surface area contributed by atoms with Crippen molar-refractivity contribution in [1.29, 1.82) is 0 Å². The van der Waals surface area contributed by atoms with Crippen LogP contribution in [-0.4, -0.2) is 41.1 Å². The molecule has 1 heterocycles. The van der Waals surface area contributed by atoms with Gasteiger partial charge in [-0.2, -0.15) is 13.2 Å². The lowest BCUT2D eigenvalue weighted by atomic mass is 9.86. The van der Waals surface area contributed by atoms with Gasteiger partial charge in [-0.25, -0.2) is 0 Å². The number of hydrogen-bond donors (Lipinski definition) is 1. The summed E-state index contributed by atoms with van der Waals surface area (Å²) in [7, 11) is 0. The number of carbonyl (C=O) groups is 2. The molecule has 1 unspecified atom stereocenters. The molecule has 1 N–H and O–H groups in total. The Kier molecular flexibility index (Phi) is 4.32. The van der Waals surface area contributed by atoms with Gasteiger partial charge in [-0.1, -0.05) is 23.2 Å². The third-order valence-electron chi connectivity index (χ3n) is 3.62. The van der Waals surface area contributed by atoms with Gasteiger partial charge in [0, 0.05) is 28.7 Å². The highest BCUT2D eigenvalue weighted by molar-refractivity contribution is 6.35. The number of alkyl halides is 3. The number of aliphatic carboxylic acids is 1. The van der Waals surface area contributed by atoms with Gasteiger partial charge >= 0.3 is 12.1 Å². The summed E-state index contributed by atoms with van der Waals surface area (Å²) in [6, 6.07) is 3.91. The summed E-state index contributed by atoms with van der Waals surface area (Å²) in [5.41, 5.74) is -2.92. The number of carbonyl (C=O) groups excluding carboxylic acids is 1. The van der Waals surface area contributed by atoms with Crippen molar-refractivity contribution in [2.75, 3.05) is 13.1 Å². The molecule has 0 saturated carbocycles. The maximum absolute atomic E-state index is 13.1. The minimum absolute atomic E-state index is 0.0147. The first-order valence-corrected chi connectivity index (χ1v) is 6.88. The molecular formula is C13H10Cl2F3NO3. The van der Waals surface area contributed by atoms with E-state index in [0.29, 0.717) is 0 Å². The third-order valence-corrected chi connectivity index (χ3v) is 4.05. The molecule has 1 aromatic rings. The van der Waals surface area contributed by atoms with Gasteiger partial charge in [-0.3, -0.25) is 9.59 Å². The molecule has 0 spiro atoms. The van der Waals surface area contributed by atoms with Crippen molar-refractivity contribution in [3.63, 3.8) is 0 Å². The zero-order chi connectivity index (χ0) is 16.7. The standard InChI is InChI=1S/C13H10Cl2F3NO3/c14-8-3-7(4-9(15)5-8)10(20)19-2-1-12(6-19,11(21)22)13(16,17)18/h3-5H,1-2,6H2,(H,21,22). The molecule has 4 nitrogen and oxygen atoms in total. The Morgan fingerprint density at radius 1 is 1.18 bits per heavy atom. The second kappa shape index (κ2) is 5.62. The molecule has 22 heavy (non-hydrogen) atoms. The molecule has 2 rings (SSSR count). The van der Waals surface area contributed by atoms with E-state index >= 15 is 0 Å². The second-order valence-corrected chi connectivity index (χ2v) is 5.89. The first-order chi connectivity index (χ1) is 10.1. The van der Waals surface area contributed by atoms with Gasteiger partial charge in [0.1, 0.15) is 0 Å². The summed E-state index contributed by atoms with van der Waals surface area (Å²) < 4.78 is 39.2. The van der Waals surface area contributed by atoms with Gasteiger partial charge < -0.3 is 10.0 Å². The van der Waals surface area contributed by atoms with E-state index in [0.717, 1.165) is 4.90 Å². The van der Waals surface area contributed by atoms with Crippen LogP contribution in [0.4, 0.5) is 13.2 Å². The number of rotatable bonds is 2. The van der Waals surface area contributed by atoms with E-state index in [1.807, 2.05) is 0 Å². The minimum atomic E-state index is -4.94. The Morgan fingerprint density at radius 2 is 1.73 bits per heavy atom. The van der Waals surface area contributed by atoms with E-state index in [2.05, 4.69) is 0 Å². The zero-order valence-corrected chi connectivity index (χ0v) is 12.5. The Labute approximate surface area is 133 Å². The third kappa shape index (κ3) is 2.87. The van der Waals surface area contributed by atoms with E-state index in [4.69, 9.17) is 28.3 Å². The fourth-order valence-corrected chi connectivity index (χ4v) is 2.90. The molecule has 0 aliphatic carbocycles. The molecule has 1 fully saturated rings. The Morgan fingerprint density at radius 3 is 2.14 bits per heavy atom. The number of nitrogens with zero attached hydrogens (tertiary/aromatic N) is 1. The number of benzene rings is 1. The van der Waals surface area contributed by atoms with Crippen LogP contribution in [0.3, 0.4) is 0 Å². The summed E-state index contributed by atoms with van der Waals surface area (Å²) in [4.78, 5) is 24.2. The molecule has 0 radical (unpaired) electrons. The van der Waals surface area contributed by atoms with Crippen LogP contribution in [0.15, 0.2) is 18.2 Å². The average Bonchev–Trinajstić information content (AvgIpc) is 2.82. The van der Waals surface area contributed by atoms with Gasteiger partial charge in [0.15, 0.2) is 5.41 Å². The molecular weight excluding hydrogens is 346 g/mol. The van der Waals surface area contributed by atoms with Crippen molar-refractivity contribution in [3.8, 4) is 0 Å². The van der Waals surface area contributed by atoms with Crippen molar-refractivity contribution >= 4 is 35.1 Å². The summed E-state index contributed by atoms with van der Waals surface area (Å²) >= 11 is 11.5. The molecule has 120 valence electrons. The van der Waals surface area contributed by atoms with Gasteiger partial charge in [-0.05, 0) is 24.6 Å². The van der Waals surface area contributed by atoms with Crippen LogP contribution in [0, 0.1) is 5.41 Å². The summed E-state index contributed by atoms with van der Waals surface area (Å²) in [5, 5.41) is 9.28. The fraction of sp³-hybridized carbons (Fsp3) is 0.385. The number of halogens is 5. The maximum Gasteiger partial charge on any atom is 0.406 e. The van der Waals surface area contributed by atoms with Gasteiger partial charge in [0.05, 0.1) is 0 Å². The van der Waals surface area contributed by atoms with E-state index < -0.39 is 36.4 Å². The lowest BCUT2D eigenvalue weighted by molar-refractivity contribution is -0.227. The lowest BCUT2D eigenvalue weighted by Gasteiger charge is -2.27. The van der Waals surface area contributed by atoms with E-state index in [-0.39, 0.29) is 22.2 Å². The normalized spacial score (nSPS) is 22.0. The van der Waals surface area contributed by atoms with Crippen molar-refractivity contribution in [2.24, 2.45) is 5.41 Å². The Bertz CT molecular complexity index is 615. The molecule has 1 amide bonds. The molecule has 0 aromatic heterocycles. The monoisotopic (exact) mass is 355 g/mol. The molecule has 1 saturated heterocycles. The molecule has 1 atom stereocenters. The van der Waals surface area contributed by atoms with Crippen LogP contribution in [0.1, 0.15) is 16.8 Å². The number of likely N-dealkylation sites (tertiary alicyclic amines) is 1. The quantitative estimate of drug-likeness (QED) is 0.883. The highest BCUT2D eigenvalue weighted by Crippen LogP contribution is 2.46. The van der Waals surface area contributed by atoms with E-state index in [9.17, 15) is 22.8 Å². The lowest BCUT2D eigenvalue weighted by Crippen LogP contribution is -2.47. The van der Waals surface area contributed by atoms with E-state index in [1.165, 1.54) is 18.2 Å². The molecule has 0 bridgehead atoms. The summed E-state index contributed by atoms with van der Waals surface area (Å²) in [6.07, 6.45) is -5.63. The molecule has 9 heteroatoms. The molecule has 1 aromatic carbocycles. The Balaban J connectivity index is 2.29. The average molecular weight is 356 g/mol. The van der Waals surface area contributed by atoms with Crippen LogP contribution >= 0.6 is 23.2 Å². The zero-order valence-electron chi connectivity index (χ0n) is 11.0. The first kappa shape index (κ1) is 16.9. The SMILES string of the molecule is O=C(c1cc(Cl)cc(Cl)c1)N1CCC(C(=O)O)(C(F)(F)F)C1. The number of carboxylic acid groups (broad SMARTS) is 1. The van der Waals surface area contributed by atoms with Gasteiger partial charge in [-0.15, -0.1) is 0 Å². The van der Waals surface area contributed by atoms with Crippen molar-refractivity contribution in [3.05, 3.63) is 33.8 Å². The van der Waals surface area contributed by atoms with Crippen molar-refractivity contribution in [2.45, 2.75) is 12.6 Å². The summed E-state index contributed by atoms with van der Waals surface area (Å²) in [6.45, 7) is -1.25. The highest BCUT2D eigenvalue weighted by Gasteiger charge is 2.64. The smallest absolute Gasteiger partial charge is 0.406 e. The predicted octanol–water partition coefficient (Wildman–Crippen LogP) is 3.47. The van der Waals surface area contributed by atoms with Crippen LogP contribution in [0.25, 0.3) is 0 Å².